The summed E-state index contributed by atoms with van der Waals surface area (Å²) in [7, 11) is 1.30. The minimum Gasteiger partial charge on any atom is -0.397 e. The molecule has 1 aliphatic carbocycles. The molecular formula is C26H37FN4O4S2. The molecule has 1 fully saturated rings. The van der Waals surface area contributed by atoms with E-state index in [0.717, 1.165) is 37.1 Å². The molecule has 2 aromatic carbocycles. The minimum absolute atomic E-state index is 0.0229. The van der Waals surface area contributed by atoms with Crippen molar-refractivity contribution in [3.63, 3.8) is 0 Å². The van der Waals surface area contributed by atoms with Gasteiger partial charge in [-0.05, 0) is 82.4 Å². The maximum absolute atomic E-state index is 13.2. The number of methoxy groups -OCH3 is 1. The summed E-state index contributed by atoms with van der Waals surface area (Å²) < 4.78 is 46.9. The zero-order valence-corrected chi connectivity index (χ0v) is 23.3. The second kappa shape index (κ2) is 12.9. The predicted octanol–water partition coefficient (Wildman–Crippen LogP) is 4.09. The molecule has 8 nitrogen and oxygen atoms in total. The van der Waals surface area contributed by atoms with Gasteiger partial charge in [-0.3, -0.25) is 4.79 Å². The number of nitrogen functional groups attached to an aromatic ring is 1. The van der Waals surface area contributed by atoms with E-state index in [9.17, 15) is 17.6 Å². The van der Waals surface area contributed by atoms with Gasteiger partial charge in [-0.25, -0.2) is 17.5 Å². The molecular weight excluding hydrogens is 515 g/mol. The highest BCUT2D eigenvalue weighted by molar-refractivity contribution is 7.99. The summed E-state index contributed by atoms with van der Waals surface area (Å²) in [5.74, 6) is -0.215. The summed E-state index contributed by atoms with van der Waals surface area (Å²) in [6.45, 7) is 0.835. The average Bonchev–Trinajstić information content (AvgIpc) is 2.87. The van der Waals surface area contributed by atoms with Crippen LogP contribution in [0, 0.1) is 5.82 Å². The summed E-state index contributed by atoms with van der Waals surface area (Å²) in [5.41, 5.74) is 5.99. The van der Waals surface area contributed by atoms with Crippen molar-refractivity contribution in [1.29, 1.82) is 0 Å². The van der Waals surface area contributed by atoms with Gasteiger partial charge >= 0.3 is 0 Å². The Bertz CT molecular complexity index is 1150. The van der Waals surface area contributed by atoms with E-state index in [1.165, 1.54) is 31.4 Å². The monoisotopic (exact) mass is 552 g/mol. The van der Waals surface area contributed by atoms with Crippen molar-refractivity contribution in [2.75, 3.05) is 44.6 Å². The van der Waals surface area contributed by atoms with Crippen LogP contribution in [0.5, 0.6) is 0 Å². The van der Waals surface area contributed by atoms with E-state index < -0.39 is 21.5 Å². The molecule has 0 spiro atoms. The molecule has 3 rings (SSSR count). The fourth-order valence-electron chi connectivity index (χ4n) is 4.32. The van der Waals surface area contributed by atoms with Gasteiger partial charge in [0.2, 0.25) is 0 Å². The van der Waals surface area contributed by atoms with Crippen LogP contribution < -0.4 is 15.8 Å². The molecule has 0 radical (unpaired) electrons. The van der Waals surface area contributed by atoms with Crippen LogP contribution in [-0.4, -0.2) is 64.4 Å². The second-order valence-electron chi connectivity index (χ2n) is 9.64. The first kappa shape index (κ1) is 29.2. The Hall–Kier alpha value is -2.34. The lowest BCUT2D eigenvalue weighted by molar-refractivity contribution is -0.145. The van der Waals surface area contributed by atoms with E-state index in [1.807, 2.05) is 14.1 Å². The molecule has 1 atom stereocenters. The average molecular weight is 553 g/mol. The lowest BCUT2D eigenvalue weighted by Gasteiger charge is -2.34. The first-order valence-electron chi connectivity index (χ1n) is 12.4. The Morgan fingerprint density at radius 3 is 2.43 bits per heavy atom. The highest BCUT2D eigenvalue weighted by atomic mass is 32.2. The Kier molecular flexibility index (Phi) is 10.2. The predicted molar refractivity (Wildman–Crippen MR) is 147 cm³/mol. The minimum atomic E-state index is -4.12. The topological polar surface area (TPSA) is 114 Å². The molecule has 0 unspecified atom stereocenters. The summed E-state index contributed by atoms with van der Waals surface area (Å²) in [6.07, 6.45) is 4.40. The van der Waals surface area contributed by atoms with Gasteiger partial charge in [0.15, 0.2) is 0 Å². The molecule has 204 valence electrons. The van der Waals surface area contributed by atoms with Crippen LogP contribution >= 0.6 is 11.8 Å². The number of benzene rings is 2. The molecule has 1 amide bonds. The Labute approximate surface area is 223 Å². The number of anilines is 2. The first-order valence-corrected chi connectivity index (χ1v) is 14.8. The van der Waals surface area contributed by atoms with Gasteiger partial charge < -0.3 is 20.7 Å². The Balaban J connectivity index is 1.71. The van der Waals surface area contributed by atoms with Crippen molar-refractivity contribution in [2.24, 2.45) is 0 Å². The van der Waals surface area contributed by atoms with Crippen LogP contribution in [0.3, 0.4) is 0 Å². The van der Waals surface area contributed by atoms with Gasteiger partial charge in [0.25, 0.3) is 15.9 Å². The zero-order valence-electron chi connectivity index (χ0n) is 21.6. The molecule has 1 aliphatic rings. The van der Waals surface area contributed by atoms with Crippen molar-refractivity contribution in [1.82, 2.24) is 9.62 Å². The van der Waals surface area contributed by atoms with E-state index in [4.69, 9.17) is 10.5 Å². The zero-order chi connectivity index (χ0) is 27.1. The quantitative estimate of drug-likeness (QED) is 0.267. The van der Waals surface area contributed by atoms with Crippen LogP contribution in [0.1, 0.15) is 38.5 Å². The highest BCUT2D eigenvalue weighted by Gasteiger charge is 2.41. The van der Waals surface area contributed by atoms with Gasteiger partial charge in [-0.15, -0.1) is 11.8 Å². The van der Waals surface area contributed by atoms with E-state index in [1.54, 1.807) is 30.0 Å². The number of halogens is 1. The Morgan fingerprint density at radius 2 is 1.84 bits per heavy atom. The fourth-order valence-corrected chi connectivity index (χ4v) is 6.37. The van der Waals surface area contributed by atoms with Crippen molar-refractivity contribution in [3.05, 3.63) is 48.3 Å². The fraction of sp³-hybridized carbons (Fsp3) is 0.500. The molecule has 0 aromatic heterocycles. The van der Waals surface area contributed by atoms with Crippen molar-refractivity contribution >= 4 is 39.1 Å². The van der Waals surface area contributed by atoms with Gasteiger partial charge in [0.1, 0.15) is 11.4 Å². The molecule has 0 saturated heterocycles. The van der Waals surface area contributed by atoms with Crippen LogP contribution in [0.15, 0.2) is 52.3 Å². The van der Waals surface area contributed by atoms with E-state index in [0.29, 0.717) is 24.3 Å². The number of ether oxygens (including phenoxy) is 1. The second-order valence-corrected chi connectivity index (χ2v) is 12.4. The normalized spacial score (nSPS) is 16.4. The van der Waals surface area contributed by atoms with E-state index >= 15 is 0 Å². The maximum atomic E-state index is 13.2. The van der Waals surface area contributed by atoms with Gasteiger partial charge in [-0.2, -0.15) is 0 Å². The number of amides is 1. The van der Waals surface area contributed by atoms with E-state index in [2.05, 4.69) is 14.9 Å². The molecule has 0 heterocycles. The standard InChI is InChI=1S/C26H37FN4O4S2/c1-31(2)16-13-20(18-36-21-9-7-19(27)8-10-21)29-24-12-11-22(17-23(24)28)37(33,34)30-25(32)26(35-3)14-5-4-6-15-26/h7-12,17,20,29H,4-6,13-16,18,28H2,1-3H3,(H,30,32)/t20-/m1/s1. The van der Waals surface area contributed by atoms with Gasteiger partial charge in [-0.1, -0.05) is 19.3 Å². The van der Waals surface area contributed by atoms with Crippen LogP contribution in [-0.2, 0) is 19.6 Å². The van der Waals surface area contributed by atoms with Gasteiger partial charge in [0, 0.05) is 23.8 Å². The van der Waals surface area contributed by atoms with Gasteiger partial charge in [0.05, 0.1) is 16.3 Å². The molecule has 2 aromatic rings. The lowest BCUT2D eigenvalue weighted by atomic mass is 9.84. The Morgan fingerprint density at radius 1 is 1.16 bits per heavy atom. The molecule has 4 N–H and O–H groups in total. The number of nitrogens with two attached hydrogens (primary N) is 1. The molecule has 37 heavy (non-hydrogen) atoms. The molecule has 0 bridgehead atoms. The summed E-state index contributed by atoms with van der Waals surface area (Å²) >= 11 is 1.60. The van der Waals surface area contributed by atoms with Crippen molar-refractivity contribution in [3.8, 4) is 0 Å². The lowest BCUT2D eigenvalue weighted by Crippen LogP contribution is -2.51. The van der Waals surface area contributed by atoms with Crippen molar-refractivity contribution < 1.29 is 22.3 Å². The maximum Gasteiger partial charge on any atom is 0.265 e. The number of rotatable bonds is 12. The largest absolute Gasteiger partial charge is 0.397 e. The number of carbonyl (C=O) groups excluding carboxylic acids is 1. The molecule has 1 saturated carbocycles. The SMILES string of the molecule is COC1(C(=O)NS(=O)(=O)c2ccc(N[C@H](CCN(C)C)CSc3ccc(F)cc3)c(N)c2)CCCCC1. The molecule has 11 heteroatoms. The number of hydrogen-bond acceptors (Lipinski definition) is 8. The number of nitrogens with zero attached hydrogens (tertiary/aromatic N) is 1. The third-order valence-corrected chi connectivity index (χ3v) is 9.08. The van der Waals surface area contributed by atoms with Crippen LogP contribution in [0.2, 0.25) is 0 Å². The number of thioether (sulfide) groups is 1. The molecule has 0 aliphatic heterocycles. The summed E-state index contributed by atoms with van der Waals surface area (Å²) in [4.78, 5) is 15.8. The smallest absolute Gasteiger partial charge is 0.265 e. The first-order chi connectivity index (χ1) is 17.5. The number of nitrogens with one attached hydrogen (secondary N) is 2. The van der Waals surface area contributed by atoms with Crippen molar-refractivity contribution in [2.45, 2.75) is 60.0 Å². The number of hydrogen-bond donors (Lipinski definition) is 3. The number of sulfonamides is 1. The third kappa shape index (κ3) is 8.07. The summed E-state index contributed by atoms with van der Waals surface area (Å²) in [6, 6.07) is 10.8. The van der Waals surface area contributed by atoms with E-state index in [-0.39, 0.29) is 22.4 Å². The number of carbonyl (C=O) groups is 1. The summed E-state index contributed by atoms with van der Waals surface area (Å²) in [5, 5.41) is 3.42. The third-order valence-electron chi connectivity index (χ3n) is 6.58. The highest BCUT2D eigenvalue weighted by Crippen LogP contribution is 2.32. The van der Waals surface area contributed by atoms with Crippen LogP contribution in [0.25, 0.3) is 0 Å². The van der Waals surface area contributed by atoms with Crippen LogP contribution in [0.4, 0.5) is 15.8 Å².